The smallest absolute Gasteiger partial charge is 0.309 e. The second-order valence-corrected chi connectivity index (χ2v) is 14.7. The van der Waals surface area contributed by atoms with E-state index in [9.17, 15) is 13.2 Å². The Kier molecular flexibility index (Phi) is 7.87. The zero-order valence-electron chi connectivity index (χ0n) is 31.3. The predicted molar refractivity (Wildman–Crippen MR) is 224 cm³/mol. The number of rotatable bonds is 5. The minimum atomic E-state index is -4.61. The summed E-state index contributed by atoms with van der Waals surface area (Å²) >= 11 is 0. The first-order valence-corrected chi connectivity index (χ1v) is 18.8. The number of nitrogens with zero attached hydrogens (tertiary/aromatic N) is 5. The van der Waals surface area contributed by atoms with Crippen LogP contribution in [-0.2, 0) is 6.18 Å². The van der Waals surface area contributed by atoms with Crippen molar-refractivity contribution in [3.8, 4) is 45.5 Å². The predicted octanol–water partition coefficient (Wildman–Crippen LogP) is 13.0. The van der Waals surface area contributed by atoms with Crippen molar-refractivity contribution in [1.82, 2.24) is 24.1 Å². The van der Waals surface area contributed by atoms with E-state index >= 15 is 0 Å². The van der Waals surface area contributed by atoms with Crippen molar-refractivity contribution >= 4 is 43.6 Å². The van der Waals surface area contributed by atoms with Crippen LogP contribution in [0.5, 0.6) is 0 Å². The number of halogens is 3. The van der Waals surface area contributed by atoms with Gasteiger partial charge in [0.2, 0.25) is 0 Å². The van der Waals surface area contributed by atoms with Crippen LogP contribution in [0, 0.1) is 20.8 Å². The maximum absolute atomic E-state index is 14.7. The molecule has 0 radical (unpaired) electrons. The van der Waals surface area contributed by atoms with Crippen molar-refractivity contribution in [1.29, 1.82) is 0 Å². The molecule has 0 aliphatic heterocycles. The van der Waals surface area contributed by atoms with E-state index in [-0.39, 0.29) is 11.4 Å². The lowest BCUT2D eigenvalue weighted by molar-refractivity contribution is -0.137. The third-order valence-corrected chi connectivity index (χ3v) is 10.8. The molecule has 0 unspecified atom stereocenters. The fourth-order valence-corrected chi connectivity index (χ4v) is 8.14. The molecule has 0 N–H and O–H groups in total. The van der Waals surface area contributed by atoms with Gasteiger partial charge in [-0.2, -0.15) is 13.2 Å². The molecule has 3 aromatic heterocycles. The summed E-state index contributed by atoms with van der Waals surface area (Å²) in [6.07, 6.45) is -4.61. The first kappa shape index (κ1) is 34.4. The van der Waals surface area contributed by atoms with Gasteiger partial charge in [0.15, 0.2) is 17.5 Å². The molecule has 0 aliphatic carbocycles. The maximum atomic E-state index is 14.7. The molecule has 0 spiro atoms. The van der Waals surface area contributed by atoms with Gasteiger partial charge in [0.1, 0.15) is 0 Å². The number of hydrogen-bond donors (Lipinski definition) is 0. The number of aromatic nitrogens is 5. The highest BCUT2D eigenvalue weighted by atomic mass is 19.4. The maximum Gasteiger partial charge on any atom is 0.416 e. The van der Waals surface area contributed by atoms with Gasteiger partial charge in [-0.05, 0) is 87.5 Å². The Balaban J connectivity index is 1.30. The second kappa shape index (κ2) is 13.0. The Labute approximate surface area is 326 Å². The summed E-state index contributed by atoms with van der Waals surface area (Å²) in [5.41, 5.74) is 9.22. The number of benzene rings is 7. The molecule has 57 heavy (non-hydrogen) atoms. The Morgan fingerprint density at radius 3 is 1.40 bits per heavy atom. The quantitative estimate of drug-likeness (QED) is 0.176. The van der Waals surface area contributed by atoms with Crippen LogP contribution in [0.15, 0.2) is 152 Å². The van der Waals surface area contributed by atoms with Crippen LogP contribution >= 0.6 is 0 Å². The lowest BCUT2D eigenvalue weighted by atomic mass is 10.0. The Bertz CT molecular complexity index is 3210. The molecule has 10 rings (SSSR count). The van der Waals surface area contributed by atoms with Crippen LogP contribution in [-0.4, -0.2) is 24.1 Å². The van der Waals surface area contributed by atoms with Crippen LogP contribution in [0.3, 0.4) is 0 Å². The topological polar surface area (TPSA) is 48.5 Å². The minimum absolute atomic E-state index is 0.128. The van der Waals surface area contributed by atoms with Gasteiger partial charge in [-0.25, -0.2) is 15.0 Å². The summed E-state index contributed by atoms with van der Waals surface area (Å²) in [5.74, 6) is 0.821. The van der Waals surface area contributed by atoms with Crippen LogP contribution in [0.4, 0.5) is 13.2 Å². The highest BCUT2D eigenvalue weighted by molar-refractivity contribution is 6.11. The normalized spacial score (nSPS) is 12.0. The number of hydrogen-bond acceptors (Lipinski definition) is 3. The standard InChI is InChI=1S/C49H34F3N5/c1-29-17-21-42-36(25-29)34-13-7-9-15-40(34)56(42)44-23-19-31(3)27-38(44)47-53-46(32-11-5-4-6-12-32)54-48(55-47)39-28-33(49(50,51)52)20-24-45(39)57-41-16-10-8-14-35(41)37-26-30(2)18-22-43(37)57/h4-28H,1-3H3. The lowest BCUT2D eigenvalue weighted by Gasteiger charge is -2.18. The third kappa shape index (κ3) is 5.75. The monoisotopic (exact) mass is 749 g/mol. The first-order chi connectivity index (χ1) is 27.6. The van der Waals surface area contributed by atoms with E-state index in [1.165, 1.54) is 12.1 Å². The lowest BCUT2D eigenvalue weighted by Crippen LogP contribution is -2.09. The van der Waals surface area contributed by atoms with Gasteiger partial charge < -0.3 is 9.13 Å². The molecule has 5 nitrogen and oxygen atoms in total. The number of aryl methyl sites for hydroxylation is 3. The molecule has 3 heterocycles. The number of fused-ring (bicyclic) bond motifs is 6. The van der Waals surface area contributed by atoms with Crippen LogP contribution in [0.25, 0.3) is 89.2 Å². The molecule has 0 bridgehead atoms. The fraction of sp³-hybridized carbons (Fsp3) is 0.0816. The van der Waals surface area contributed by atoms with Crippen LogP contribution in [0.1, 0.15) is 22.3 Å². The van der Waals surface area contributed by atoms with Crippen molar-refractivity contribution in [3.05, 3.63) is 174 Å². The molecule has 10 aromatic rings. The van der Waals surface area contributed by atoms with E-state index in [4.69, 9.17) is 15.0 Å². The van der Waals surface area contributed by atoms with E-state index < -0.39 is 11.7 Å². The van der Waals surface area contributed by atoms with E-state index in [1.54, 1.807) is 0 Å². The minimum Gasteiger partial charge on any atom is -0.309 e. The summed E-state index contributed by atoms with van der Waals surface area (Å²) in [4.78, 5) is 15.2. The van der Waals surface area contributed by atoms with E-state index in [2.05, 4.69) is 60.0 Å². The third-order valence-electron chi connectivity index (χ3n) is 10.8. The first-order valence-electron chi connectivity index (χ1n) is 18.8. The fourth-order valence-electron chi connectivity index (χ4n) is 8.14. The van der Waals surface area contributed by atoms with Gasteiger partial charge in [-0.1, -0.05) is 102 Å². The van der Waals surface area contributed by atoms with Crippen molar-refractivity contribution < 1.29 is 13.2 Å². The van der Waals surface area contributed by atoms with E-state index in [0.717, 1.165) is 77.6 Å². The highest BCUT2D eigenvalue weighted by Crippen LogP contribution is 2.41. The van der Waals surface area contributed by atoms with Crippen molar-refractivity contribution in [2.24, 2.45) is 0 Å². The van der Waals surface area contributed by atoms with Crippen molar-refractivity contribution in [3.63, 3.8) is 0 Å². The number of para-hydroxylation sites is 2. The van der Waals surface area contributed by atoms with Crippen LogP contribution < -0.4 is 0 Å². The molecule has 0 fully saturated rings. The van der Waals surface area contributed by atoms with Gasteiger partial charge in [-0.3, -0.25) is 0 Å². The summed E-state index contributed by atoms with van der Waals surface area (Å²) in [7, 11) is 0. The average molecular weight is 750 g/mol. The Morgan fingerprint density at radius 1 is 0.404 bits per heavy atom. The van der Waals surface area contributed by atoms with Crippen molar-refractivity contribution in [2.45, 2.75) is 26.9 Å². The Morgan fingerprint density at radius 2 is 0.842 bits per heavy atom. The molecular weight excluding hydrogens is 716 g/mol. The molecule has 0 saturated carbocycles. The average Bonchev–Trinajstić information content (AvgIpc) is 3.72. The van der Waals surface area contributed by atoms with E-state index in [1.807, 2.05) is 103 Å². The summed E-state index contributed by atoms with van der Waals surface area (Å²) in [5, 5.41) is 4.23. The molecule has 0 aliphatic rings. The van der Waals surface area contributed by atoms with Gasteiger partial charge in [0.05, 0.1) is 39.0 Å². The molecule has 276 valence electrons. The largest absolute Gasteiger partial charge is 0.416 e. The van der Waals surface area contributed by atoms with Gasteiger partial charge in [-0.15, -0.1) is 0 Å². The van der Waals surface area contributed by atoms with Crippen molar-refractivity contribution in [2.75, 3.05) is 0 Å². The van der Waals surface area contributed by atoms with Gasteiger partial charge >= 0.3 is 6.18 Å². The summed E-state index contributed by atoms with van der Waals surface area (Å²) in [6.45, 7) is 6.13. The van der Waals surface area contributed by atoms with Gasteiger partial charge in [0, 0.05) is 38.2 Å². The Hall–Kier alpha value is -7.06. The number of alkyl halides is 3. The molecule has 7 aromatic carbocycles. The summed E-state index contributed by atoms with van der Waals surface area (Å²) in [6, 6.07) is 48.3. The summed E-state index contributed by atoms with van der Waals surface area (Å²) < 4.78 is 48.2. The zero-order valence-corrected chi connectivity index (χ0v) is 31.3. The zero-order chi connectivity index (χ0) is 39.0. The molecule has 0 atom stereocenters. The van der Waals surface area contributed by atoms with Gasteiger partial charge in [0.25, 0.3) is 0 Å². The van der Waals surface area contributed by atoms with Crippen LogP contribution in [0.2, 0.25) is 0 Å². The molecule has 0 amide bonds. The second-order valence-electron chi connectivity index (χ2n) is 14.7. The molecular formula is C49H34F3N5. The van der Waals surface area contributed by atoms with E-state index in [0.29, 0.717) is 22.9 Å². The SMILES string of the molecule is Cc1ccc(-n2c3ccccc3c3cc(C)ccc32)c(-c2nc(-c3ccccc3)nc(-c3cc(C(F)(F)F)ccc3-n3c4ccccc4c4cc(C)ccc43)n2)c1. The highest BCUT2D eigenvalue weighted by Gasteiger charge is 2.32. The molecule has 8 heteroatoms. The molecule has 0 saturated heterocycles.